The zero-order valence-corrected chi connectivity index (χ0v) is 13.2. The minimum atomic E-state index is -4.66. The summed E-state index contributed by atoms with van der Waals surface area (Å²) in [7, 11) is 0. The van der Waals surface area contributed by atoms with Gasteiger partial charge in [0.1, 0.15) is 11.6 Å². The van der Waals surface area contributed by atoms with Crippen LogP contribution in [0, 0.1) is 5.92 Å². The number of nitrogens with one attached hydrogen (secondary N) is 2. The maximum absolute atomic E-state index is 12.2. The number of rotatable bonds is 5. The van der Waals surface area contributed by atoms with Crippen LogP contribution in [-0.2, 0) is 6.54 Å². The molecule has 2 aromatic rings. The van der Waals surface area contributed by atoms with E-state index in [4.69, 9.17) is 0 Å². The predicted octanol–water partition coefficient (Wildman–Crippen LogP) is 3.17. The van der Waals surface area contributed by atoms with Gasteiger partial charge in [0.15, 0.2) is 0 Å². The van der Waals surface area contributed by atoms with E-state index >= 15 is 0 Å². The second-order valence-electron chi connectivity index (χ2n) is 5.89. The summed E-state index contributed by atoms with van der Waals surface area (Å²) in [6.07, 6.45) is -2.89. The standard InChI is InChI=1S/C16H19F3N4O/c1-11(13-2-4-14(5-3-13)24-16(17,18)19)20-8-12-9-21-15-6-7-22-23(15)10-12/h2-7,11-12,20-21H,8-10H2,1H3/t11-,12-/m0/s1. The van der Waals surface area contributed by atoms with Gasteiger partial charge in [0.05, 0.1) is 6.20 Å². The molecule has 0 spiro atoms. The quantitative estimate of drug-likeness (QED) is 0.878. The molecule has 1 aliphatic rings. The third-order valence-electron chi connectivity index (χ3n) is 4.05. The summed E-state index contributed by atoms with van der Waals surface area (Å²) in [5, 5.41) is 11.0. The van der Waals surface area contributed by atoms with Gasteiger partial charge in [-0.05, 0) is 24.6 Å². The molecule has 0 saturated heterocycles. The lowest BCUT2D eigenvalue weighted by Crippen LogP contribution is -2.36. The van der Waals surface area contributed by atoms with Crippen molar-refractivity contribution in [3.05, 3.63) is 42.1 Å². The van der Waals surface area contributed by atoms with Crippen LogP contribution in [0.4, 0.5) is 19.0 Å². The van der Waals surface area contributed by atoms with Gasteiger partial charge in [0.2, 0.25) is 0 Å². The molecule has 0 saturated carbocycles. The largest absolute Gasteiger partial charge is 0.573 e. The first-order valence-electron chi connectivity index (χ1n) is 7.75. The SMILES string of the molecule is C[C@H](NC[C@H]1CNc2ccnn2C1)c1ccc(OC(F)(F)F)cc1. The van der Waals surface area contributed by atoms with Crippen molar-refractivity contribution in [3.8, 4) is 5.75 Å². The minimum absolute atomic E-state index is 0.0314. The van der Waals surface area contributed by atoms with Crippen molar-refractivity contribution in [3.63, 3.8) is 0 Å². The van der Waals surface area contributed by atoms with Crippen molar-refractivity contribution in [1.82, 2.24) is 15.1 Å². The van der Waals surface area contributed by atoms with Crippen molar-refractivity contribution in [2.45, 2.75) is 25.9 Å². The molecule has 2 atom stereocenters. The number of nitrogens with zero attached hydrogens (tertiary/aromatic N) is 2. The Labute approximate surface area is 137 Å². The molecule has 2 N–H and O–H groups in total. The lowest BCUT2D eigenvalue weighted by Gasteiger charge is -2.26. The molecular weight excluding hydrogens is 321 g/mol. The number of aromatic nitrogens is 2. The fraction of sp³-hybridized carbons (Fsp3) is 0.438. The molecule has 0 fully saturated rings. The highest BCUT2D eigenvalue weighted by atomic mass is 19.4. The molecule has 0 bridgehead atoms. The van der Waals surface area contributed by atoms with Crippen molar-refractivity contribution in [2.75, 3.05) is 18.4 Å². The maximum Gasteiger partial charge on any atom is 0.573 e. The number of hydrogen-bond donors (Lipinski definition) is 2. The highest BCUT2D eigenvalue weighted by Crippen LogP contribution is 2.24. The molecule has 0 aliphatic carbocycles. The number of halogens is 3. The molecular formula is C16H19F3N4O. The molecule has 3 rings (SSSR count). The Kier molecular flexibility index (Phi) is 4.66. The second kappa shape index (κ2) is 6.72. The van der Waals surface area contributed by atoms with Gasteiger partial charge in [0, 0.05) is 37.7 Å². The highest BCUT2D eigenvalue weighted by Gasteiger charge is 2.31. The molecule has 2 heterocycles. The van der Waals surface area contributed by atoms with E-state index in [1.54, 1.807) is 18.3 Å². The molecule has 1 aromatic heterocycles. The topological polar surface area (TPSA) is 51.1 Å². The first-order chi connectivity index (χ1) is 11.4. The van der Waals surface area contributed by atoms with Crippen molar-refractivity contribution in [1.29, 1.82) is 0 Å². The third kappa shape index (κ3) is 4.19. The summed E-state index contributed by atoms with van der Waals surface area (Å²) in [6.45, 7) is 4.47. The average Bonchev–Trinajstić information content (AvgIpc) is 2.99. The molecule has 24 heavy (non-hydrogen) atoms. The first-order valence-corrected chi connectivity index (χ1v) is 7.75. The number of hydrogen-bond acceptors (Lipinski definition) is 4. The molecule has 130 valence electrons. The van der Waals surface area contributed by atoms with Crippen LogP contribution >= 0.6 is 0 Å². The summed E-state index contributed by atoms with van der Waals surface area (Å²) in [5.41, 5.74) is 0.910. The lowest BCUT2D eigenvalue weighted by atomic mass is 10.1. The van der Waals surface area contributed by atoms with E-state index in [1.807, 2.05) is 17.7 Å². The van der Waals surface area contributed by atoms with Crippen LogP contribution in [0.5, 0.6) is 5.75 Å². The van der Waals surface area contributed by atoms with Gasteiger partial charge >= 0.3 is 6.36 Å². The fourth-order valence-electron chi connectivity index (χ4n) is 2.74. The second-order valence-corrected chi connectivity index (χ2v) is 5.89. The van der Waals surface area contributed by atoms with Gasteiger partial charge in [-0.2, -0.15) is 5.10 Å². The number of fused-ring (bicyclic) bond motifs is 1. The molecule has 5 nitrogen and oxygen atoms in total. The van der Waals surface area contributed by atoms with Gasteiger partial charge < -0.3 is 15.4 Å². The number of ether oxygens (including phenoxy) is 1. The van der Waals surface area contributed by atoms with Crippen molar-refractivity contribution in [2.24, 2.45) is 5.92 Å². The number of alkyl halides is 3. The Bertz CT molecular complexity index is 669. The molecule has 0 radical (unpaired) electrons. The Morgan fingerprint density at radius 2 is 2.08 bits per heavy atom. The summed E-state index contributed by atoms with van der Waals surface area (Å²) >= 11 is 0. The zero-order valence-electron chi connectivity index (χ0n) is 13.2. The van der Waals surface area contributed by atoms with Crippen molar-refractivity contribution < 1.29 is 17.9 Å². The van der Waals surface area contributed by atoms with Gasteiger partial charge in [-0.25, -0.2) is 4.68 Å². The smallest absolute Gasteiger partial charge is 0.406 e. The minimum Gasteiger partial charge on any atom is -0.406 e. The first kappa shape index (κ1) is 16.6. The van der Waals surface area contributed by atoms with E-state index in [1.165, 1.54) is 12.1 Å². The monoisotopic (exact) mass is 340 g/mol. The van der Waals surface area contributed by atoms with Crippen LogP contribution in [-0.4, -0.2) is 29.2 Å². The fourth-order valence-corrected chi connectivity index (χ4v) is 2.74. The van der Waals surface area contributed by atoms with E-state index in [0.29, 0.717) is 5.92 Å². The van der Waals surface area contributed by atoms with Gasteiger partial charge in [-0.15, -0.1) is 13.2 Å². The summed E-state index contributed by atoms with van der Waals surface area (Å²) in [6, 6.07) is 7.92. The number of benzene rings is 1. The zero-order chi connectivity index (χ0) is 17.2. The van der Waals surface area contributed by atoms with Gasteiger partial charge in [0.25, 0.3) is 0 Å². The Balaban J connectivity index is 1.51. The average molecular weight is 340 g/mol. The van der Waals surface area contributed by atoms with Crippen LogP contribution in [0.1, 0.15) is 18.5 Å². The molecule has 0 unspecified atom stereocenters. The maximum atomic E-state index is 12.2. The van der Waals surface area contributed by atoms with Crippen LogP contribution in [0.25, 0.3) is 0 Å². The molecule has 1 aliphatic heterocycles. The lowest BCUT2D eigenvalue weighted by molar-refractivity contribution is -0.274. The van der Waals surface area contributed by atoms with Gasteiger partial charge in [-0.3, -0.25) is 0 Å². The van der Waals surface area contributed by atoms with E-state index in [-0.39, 0.29) is 11.8 Å². The van der Waals surface area contributed by atoms with Crippen LogP contribution in [0.3, 0.4) is 0 Å². The van der Waals surface area contributed by atoms with Gasteiger partial charge in [-0.1, -0.05) is 12.1 Å². The van der Waals surface area contributed by atoms with E-state index in [0.717, 1.165) is 31.0 Å². The summed E-state index contributed by atoms with van der Waals surface area (Å²) < 4.78 is 42.3. The van der Waals surface area contributed by atoms with E-state index in [2.05, 4.69) is 20.5 Å². The molecule has 0 amide bonds. The van der Waals surface area contributed by atoms with E-state index in [9.17, 15) is 13.2 Å². The predicted molar refractivity (Wildman–Crippen MR) is 83.7 cm³/mol. The number of anilines is 1. The third-order valence-corrected chi connectivity index (χ3v) is 4.05. The van der Waals surface area contributed by atoms with Crippen molar-refractivity contribution >= 4 is 5.82 Å². The Morgan fingerprint density at radius 3 is 2.79 bits per heavy atom. The highest BCUT2D eigenvalue weighted by molar-refractivity contribution is 5.35. The summed E-state index contributed by atoms with van der Waals surface area (Å²) in [4.78, 5) is 0. The Morgan fingerprint density at radius 1 is 1.33 bits per heavy atom. The van der Waals surface area contributed by atoms with Crippen LogP contribution < -0.4 is 15.4 Å². The van der Waals surface area contributed by atoms with Crippen LogP contribution in [0.15, 0.2) is 36.5 Å². The normalized spacial score (nSPS) is 18.6. The summed E-state index contributed by atoms with van der Waals surface area (Å²) in [5.74, 6) is 1.22. The van der Waals surface area contributed by atoms with Crippen LogP contribution in [0.2, 0.25) is 0 Å². The van der Waals surface area contributed by atoms with E-state index < -0.39 is 6.36 Å². The Hall–Kier alpha value is -2.22. The molecule has 1 aromatic carbocycles. The molecule has 8 heteroatoms.